The lowest BCUT2D eigenvalue weighted by atomic mass is 9.49. The first-order valence-electron chi connectivity index (χ1n) is 9.21. The Kier molecular flexibility index (Phi) is 4.26. The van der Waals surface area contributed by atoms with Crippen molar-refractivity contribution in [2.24, 2.45) is 23.2 Å². The van der Waals surface area contributed by atoms with Gasteiger partial charge in [0.25, 0.3) is 5.91 Å². The van der Waals surface area contributed by atoms with Gasteiger partial charge < -0.3 is 10.1 Å². The molecule has 0 aliphatic heterocycles. The second kappa shape index (κ2) is 6.43. The van der Waals surface area contributed by atoms with Crippen LogP contribution in [0.25, 0.3) is 0 Å². The van der Waals surface area contributed by atoms with Crippen molar-refractivity contribution >= 4 is 11.9 Å². The standard InChI is InChI=1S/C20H24FNO3/c21-17-3-1-13(2-4-17)11-22-18(23)12-25-19(24)20-8-14-5-15(9-20)7-16(6-14)10-20/h1-4,14-16H,5-12H2,(H,22,23). The smallest absolute Gasteiger partial charge is 0.312 e. The third-order valence-corrected chi connectivity index (χ3v) is 6.21. The summed E-state index contributed by atoms with van der Waals surface area (Å²) in [5, 5.41) is 2.71. The second-order valence-corrected chi connectivity index (χ2v) is 8.18. The molecule has 1 aromatic rings. The zero-order valence-corrected chi connectivity index (χ0v) is 14.3. The van der Waals surface area contributed by atoms with Gasteiger partial charge in [-0.15, -0.1) is 0 Å². The average Bonchev–Trinajstić information content (AvgIpc) is 2.58. The number of rotatable bonds is 5. The van der Waals surface area contributed by atoms with Crippen molar-refractivity contribution in [3.8, 4) is 0 Å². The molecule has 0 saturated heterocycles. The number of amides is 1. The van der Waals surface area contributed by atoms with E-state index in [-0.39, 0.29) is 29.7 Å². The van der Waals surface area contributed by atoms with Crippen LogP contribution in [0.5, 0.6) is 0 Å². The van der Waals surface area contributed by atoms with Gasteiger partial charge in [0, 0.05) is 6.54 Å². The van der Waals surface area contributed by atoms with Crippen LogP contribution in [0.2, 0.25) is 0 Å². The Balaban J connectivity index is 1.27. The van der Waals surface area contributed by atoms with E-state index in [1.54, 1.807) is 12.1 Å². The van der Waals surface area contributed by atoms with Crippen molar-refractivity contribution < 1.29 is 18.7 Å². The number of nitrogens with one attached hydrogen (secondary N) is 1. The summed E-state index contributed by atoms with van der Waals surface area (Å²) in [4.78, 5) is 24.6. The van der Waals surface area contributed by atoms with Crippen LogP contribution in [0.3, 0.4) is 0 Å². The highest BCUT2D eigenvalue weighted by molar-refractivity contribution is 5.83. The topological polar surface area (TPSA) is 55.4 Å². The van der Waals surface area contributed by atoms with Crippen molar-refractivity contribution in [1.82, 2.24) is 5.32 Å². The van der Waals surface area contributed by atoms with Gasteiger partial charge in [-0.05, 0) is 74.0 Å². The molecule has 4 saturated carbocycles. The summed E-state index contributed by atoms with van der Waals surface area (Å²) in [6, 6.07) is 5.96. The Morgan fingerprint density at radius 3 is 2.16 bits per heavy atom. The lowest BCUT2D eigenvalue weighted by Gasteiger charge is -2.55. The zero-order valence-electron chi connectivity index (χ0n) is 14.3. The molecule has 4 fully saturated rings. The summed E-state index contributed by atoms with van der Waals surface area (Å²) in [6.07, 6.45) is 6.62. The van der Waals surface area contributed by atoms with Gasteiger partial charge in [0.05, 0.1) is 5.41 Å². The monoisotopic (exact) mass is 345 g/mol. The molecule has 4 nitrogen and oxygen atoms in total. The molecule has 4 aliphatic carbocycles. The molecular weight excluding hydrogens is 321 g/mol. The molecule has 5 heteroatoms. The van der Waals surface area contributed by atoms with Gasteiger partial charge in [-0.2, -0.15) is 0 Å². The van der Waals surface area contributed by atoms with Crippen molar-refractivity contribution in [2.45, 2.75) is 45.1 Å². The van der Waals surface area contributed by atoms with E-state index in [0.717, 1.165) is 24.8 Å². The molecule has 0 spiro atoms. The number of carbonyl (C=O) groups is 2. The number of hydrogen-bond acceptors (Lipinski definition) is 3. The van der Waals surface area contributed by atoms with E-state index in [9.17, 15) is 14.0 Å². The number of esters is 1. The minimum absolute atomic E-state index is 0.177. The quantitative estimate of drug-likeness (QED) is 0.834. The maximum atomic E-state index is 12.9. The number of benzene rings is 1. The van der Waals surface area contributed by atoms with Crippen LogP contribution in [0.15, 0.2) is 24.3 Å². The molecule has 1 amide bonds. The maximum absolute atomic E-state index is 12.9. The molecule has 0 unspecified atom stereocenters. The predicted octanol–water partition coefficient (Wildman–Crippen LogP) is 3.20. The van der Waals surface area contributed by atoms with Crippen molar-refractivity contribution in [1.29, 1.82) is 0 Å². The van der Waals surface area contributed by atoms with Crippen molar-refractivity contribution in [2.75, 3.05) is 6.61 Å². The molecule has 0 radical (unpaired) electrons. The third kappa shape index (κ3) is 3.42. The second-order valence-electron chi connectivity index (χ2n) is 8.18. The Bertz CT molecular complexity index is 635. The first-order chi connectivity index (χ1) is 12.0. The van der Waals surface area contributed by atoms with Crippen LogP contribution in [0.1, 0.15) is 44.1 Å². The SMILES string of the molecule is O=C(COC(=O)C12CC3CC(CC(C3)C1)C2)NCc1ccc(F)cc1. The molecule has 134 valence electrons. The van der Waals surface area contributed by atoms with Crippen LogP contribution in [0, 0.1) is 29.0 Å². The van der Waals surface area contributed by atoms with E-state index in [4.69, 9.17) is 4.74 Å². The maximum Gasteiger partial charge on any atom is 0.312 e. The summed E-state index contributed by atoms with van der Waals surface area (Å²) >= 11 is 0. The van der Waals surface area contributed by atoms with Crippen LogP contribution in [-0.2, 0) is 20.9 Å². The Morgan fingerprint density at radius 1 is 1.04 bits per heavy atom. The molecule has 4 aliphatic rings. The van der Waals surface area contributed by atoms with E-state index in [1.165, 1.54) is 31.4 Å². The summed E-state index contributed by atoms with van der Waals surface area (Å²) in [5.41, 5.74) is 0.480. The Hall–Kier alpha value is -1.91. The van der Waals surface area contributed by atoms with E-state index < -0.39 is 0 Å². The molecule has 1 N–H and O–H groups in total. The molecule has 0 heterocycles. The van der Waals surface area contributed by atoms with Gasteiger partial charge >= 0.3 is 5.97 Å². The van der Waals surface area contributed by atoms with Gasteiger partial charge in [-0.3, -0.25) is 9.59 Å². The van der Waals surface area contributed by atoms with Crippen LogP contribution >= 0.6 is 0 Å². The predicted molar refractivity (Wildman–Crippen MR) is 89.8 cm³/mol. The highest BCUT2D eigenvalue weighted by Gasteiger charge is 2.55. The van der Waals surface area contributed by atoms with Crippen LogP contribution in [-0.4, -0.2) is 18.5 Å². The largest absolute Gasteiger partial charge is 0.455 e. The molecule has 4 bridgehead atoms. The van der Waals surface area contributed by atoms with E-state index in [0.29, 0.717) is 24.3 Å². The van der Waals surface area contributed by atoms with E-state index >= 15 is 0 Å². The fourth-order valence-corrected chi connectivity index (χ4v) is 5.50. The van der Waals surface area contributed by atoms with Gasteiger partial charge in [-0.1, -0.05) is 12.1 Å². The van der Waals surface area contributed by atoms with Crippen molar-refractivity contribution in [3.05, 3.63) is 35.6 Å². The normalized spacial score (nSPS) is 32.4. The number of hydrogen-bond donors (Lipinski definition) is 1. The van der Waals surface area contributed by atoms with Crippen LogP contribution < -0.4 is 5.32 Å². The third-order valence-electron chi connectivity index (χ3n) is 6.21. The van der Waals surface area contributed by atoms with E-state index in [2.05, 4.69) is 5.32 Å². The molecule has 1 aromatic carbocycles. The molecular formula is C20H24FNO3. The van der Waals surface area contributed by atoms with Gasteiger partial charge in [0.2, 0.25) is 0 Å². The average molecular weight is 345 g/mol. The number of halogens is 1. The summed E-state index contributed by atoms with van der Waals surface area (Å²) < 4.78 is 18.2. The Labute approximate surface area is 147 Å². The lowest BCUT2D eigenvalue weighted by molar-refractivity contribution is -0.173. The summed E-state index contributed by atoms with van der Waals surface area (Å²) in [7, 11) is 0. The van der Waals surface area contributed by atoms with Crippen LogP contribution in [0.4, 0.5) is 4.39 Å². The molecule has 25 heavy (non-hydrogen) atoms. The fourth-order valence-electron chi connectivity index (χ4n) is 5.50. The minimum atomic E-state index is -0.327. The van der Waals surface area contributed by atoms with Gasteiger partial charge in [0.1, 0.15) is 5.82 Å². The summed E-state index contributed by atoms with van der Waals surface area (Å²) in [6.45, 7) is 0.0653. The van der Waals surface area contributed by atoms with Crippen molar-refractivity contribution in [3.63, 3.8) is 0 Å². The molecule has 0 aromatic heterocycles. The molecule has 0 atom stereocenters. The van der Waals surface area contributed by atoms with E-state index in [1.807, 2.05) is 0 Å². The molecule has 5 rings (SSSR count). The highest BCUT2D eigenvalue weighted by atomic mass is 19.1. The summed E-state index contributed by atoms with van der Waals surface area (Å²) in [5.74, 6) is 1.22. The van der Waals surface area contributed by atoms with Gasteiger partial charge in [0.15, 0.2) is 6.61 Å². The number of carbonyl (C=O) groups excluding carboxylic acids is 2. The minimum Gasteiger partial charge on any atom is -0.455 e. The fraction of sp³-hybridized carbons (Fsp3) is 0.600. The first-order valence-corrected chi connectivity index (χ1v) is 9.21. The van der Waals surface area contributed by atoms with Gasteiger partial charge in [-0.25, -0.2) is 4.39 Å². The Morgan fingerprint density at radius 2 is 1.60 bits per heavy atom. The zero-order chi connectivity index (χ0) is 17.4. The first kappa shape index (κ1) is 16.6. The number of ether oxygens (including phenoxy) is 1. The lowest BCUT2D eigenvalue weighted by Crippen LogP contribution is -2.51. The highest BCUT2D eigenvalue weighted by Crippen LogP contribution is 2.60.